The van der Waals surface area contributed by atoms with Crippen LogP contribution in [-0.2, 0) is 12.5 Å². The van der Waals surface area contributed by atoms with Crippen molar-refractivity contribution in [2.45, 2.75) is 25.9 Å². The molecule has 0 aliphatic rings. The van der Waals surface area contributed by atoms with Crippen molar-refractivity contribution in [1.29, 1.82) is 0 Å². The molecule has 0 spiro atoms. The number of halogens is 9. The molecule has 0 amide bonds. The summed E-state index contributed by atoms with van der Waals surface area (Å²) in [5, 5.41) is 0. The van der Waals surface area contributed by atoms with Gasteiger partial charge in [0.05, 0.1) is 0 Å². The van der Waals surface area contributed by atoms with Crippen LogP contribution in [0.25, 0.3) is 33.4 Å². The van der Waals surface area contributed by atoms with Gasteiger partial charge in [-0.2, -0.15) is 8.78 Å². The van der Waals surface area contributed by atoms with E-state index in [9.17, 15) is 35.1 Å². The van der Waals surface area contributed by atoms with Crippen LogP contribution < -0.4 is 4.74 Å². The number of hydrogen-bond acceptors (Lipinski definition) is 1. The summed E-state index contributed by atoms with van der Waals surface area (Å²) in [5.74, 6) is -11.5. The van der Waals surface area contributed by atoms with Crippen molar-refractivity contribution in [2.24, 2.45) is 0 Å². The van der Waals surface area contributed by atoms with E-state index in [0.717, 1.165) is 30.5 Å². The molecule has 46 heavy (non-hydrogen) atoms. The Labute approximate surface area is 258 Å². The van der Waals surface area contributed by atoms with E-state index in [1.165, 1.54) is 18.2 Å². The third kappa shape index (κ3) is 6.80. The molecule has 0 radical (unpaired) electrons. The lowest BCUT2D eigenvalue weighted by atomic mass is 9.97. The van der Waals surface area contributed by atoms with Crippen LogP contribution in [0.2, 0.25) is 0 Å². The van der Waals surface area contributed by atoms with Gasteiger partial charge in [0.25, 0.3) is 0 Å². The molecule has 0 aliphatic carbocycles. The van der Waals surface area contributed by atoms with Gasteiger partial charge < -0.3 is 4.74 Å². The van der Waals surface area contributed by atoms with Gasteiger partial charge in [-0.05, 0) is 90.0 Å². The van der Waals surface area contributed by atoms with Gasteiger partial charge in [0.2, 0.25) is 0 Å². The average Bonchev–Trinajstić information content (AvgIpc) is 2.99. The van der Waals surface area contributed by atoms with Crippen LogP contribution in [0.15, 0.2) is 97.1 Å². The fraction of sp³-hybridized carbons (Fsp3) is 0.111. The molecule has 0 unspecified atom stereocenters. The molecule has 0 N–H and O–H groups in total. The normalized spacial score (nSPS) is 11.8. The smallest absolute Gasteiger partial charge is 0.429 e. The van der Waals surface area contributed by atoms with Gasteiger partial charge >= 0.3 is 6.11 Å². The Morgan fingerprint density at radius 2 is 1.07 bits per heavy atom. The van der Waals surface area contributed by atoms with Gasteiger partial charge in [-0.15, -0.1) is 0 Å². The summed E-state index contributed by atoms with van der Waals surface area (Å²) in [4.78, 5) is 0. The molecule has 236 valence electrons. The van der Waals surface area contributed by atoms with Crippen LogP contribution in [0.5, 0.6) is 5.75 Å². The van der Waals surface area contributed by atoms with Crippen molar-refractivity contribution < 1.29 is 44.3 Å². The molecule has 10 heteroatoms. The highest BCUT2D eigenvalue weighted by Gasteiger charge is 2.41. The lowest BCUT2D eigenvalue weighted by molar-refractivity contribution is -0.189. The number of alkyl halides is 2. The Balaban J connectivity index is 1.37. The third-order valence-electron chi connectivity index (χ3n) is 7.22. The van der Waals surface area contributed by atoms with Crippen molar-refractivity contribution in [3.05, 3.63) is 149 Å². The van der Waals surface area contributed by atoms with Gasteiger partial charge in [-0.3, -0.25) is 0 Å². The van der Waals surface area contributed by atoms with Crippen molar-refractivity contribution in [1.82, 2.24) is 0 Å². The molecule has 5 rings (SSSR count). The van der Waals surface area contributed by atoms with E-state index in [-0.39, 0.29) is 11.1 Å². The molecule has 0 aliphatic heterocycles. The highest BCUT2D eigenvalue weighted by molar-refractivity contribution is 5.72. The van der Waals surface area contributed by atoms with Crippen LogP contribution in [0.1, 0.15) is 24.5 Å². The minimum absolute atomic E-state index is 0.244. The molecule has 0 saturated heterocycles. The molecule has 5 aromatic carbocycles. The molecule has 0 fully saturated rings. The zero-order chi connectivity index (χ0) is 33.2. The summed E-state index contributed by atoms with van der Waals surface area (Å²) in [6, 6.07) is 15.5. The second-order valence-electron chi connectivity index (χ2n) is 10.3. The summed E-state index contributed by atoms with van der Waals surface area (Å²) in [7, 11) is 0. The Morgan fingerprint density at radius 3 is 1.61 bits per heavy atom. The van der Waals surface area contributed by atoms with Crippen molar-refractivity contribution in [3.8, 4) is 39.1 Å². The molecule has 5 aromatic rings. The lowest BCUT2D eigenvalue weighted by Crippen LogP contribution is -2.25. The van der Waals surface area contributed by atoms with E-state index in [4.69, 9.17) is 0 Å². The van der Waals surface area contributed by atoms with E-state index in [0.29, 0.717) is 41.5 Å². The van der Waals surface area contributed by atoms with E-state index >= 15 is 4.39 Å². The first-order valence-corrected chi connectivity index (χ1v) is 13.9. The van der Waals surface area contributed by atoms with Crippen LogP contribution in [0, 0.1) is 40.7 Å². The summed E-state index contributed by atoms with van der Waals surface area (Å²) >= 11 is 0. The second-order valence-corrected chi connectivity index (χ2v) is 10.3. The van der Waals surface area contributed by atoms with Crippen LogP contribution in [-0.4, -0.2) is 0 Å². The first-order chi connectivity index (χ1) is 21.9. The van der Waals surface area contributed by atoms with Crippen LogP contribution >= 0.6 is 0 Å². The summed E-state index contributed by atoms with van der Waals surface area (Å²) in [6.07, 6.45) is 1.04. The van der Waals surface area contributed by atoms with Gasteiger partial charge in [0.1, 0.15) is 34.6 Å². The predicted octanol–water partition coefficient (Wildman–Crippen LogP) is 11.3. The van der Waals surface area contributed by atoms with Crippen molar-refractivity contribution in [2.75, 3.05) is 0 Å². The van der Waals surface area contributed by atoms with E-state index in [1.54, 1.807) is 0 Å². The highest BCUT2D eigenvalue weighted by Crippen LogP contribution is 2.39. The quantitative estimate of drug-likeness (QED) is 0.0883. The average molecular weight is 643 g/mol. The molecular weight excluding hydrogens is 619 g/mol. The van der Waals surface area contributed by atoms with E-state index in [1.807, 2.05) is 43.3 Å². The number of benzene rings is 5. The summed E-state index contributed by atoms with van der Waals surface area (Å²) < 4.78 is 135. The SMILES string of the molecule is CC=CCCc1ccc(-c2ccc(-c3cc(F)c(C(F)(F)Oc4ccc(-c5cc(F)c(F)c(F)c5)c(F)c4)c(F)c3)c(F)c2)cc1. The minimum atomic E-state index is -4.67. The van der Waals surface area contributed by atoms with Crippen molar-refractivity contribution >= 4 is 0 Å². The molecule has 1 nitrogen and oxygen atoms in total. The summed E-state index contributed by atoms with van der Waals surface area (Å²) in [6.45, 7) is 1.93. The van der Waals surface area contributed by atoms with Crippen LogP contribution in [0.3, 0.4) is 0 Å². The zero-order valence-electron chi connectivity index (χ0n) is 24.0. The molecule has 0 bridgehead atoms. The van der Waals surface area contributed by atoms with Gasteiger partial charge in [-0.1, -0.05) is 48.6 Å². The third-order valence-corrected chi connectivity index (χ3v) is 7.22. The Morgan fingerprint density at radius 1 is 0.565 bits per heavy atom. The summed E-state index contributed by atoms with van der Waals surface area (Å²) in [5.41, 5.74) is -1.05. The number of ether oxygens (including phenoxy) is 1. The fourth-order valence-corrected chi connectivity index (χ4v) is 4.92. The van der Waals surface area contributed by atoms with E-state index < -0.39 is 69.3 Å². The number of aryl methyl sites for hydroxylation is 1. The zero-order valence-corrected chi connectivity index (χ0v) is 24.0. The number of allylic oxidation sites excluding steroid dienone is 2. The molecule has 0 aromatic heterocycles. The van der Waals surface area contributed by atoms with Gasteiger partial charge in [0, 0.05) is 17.2 Å². The standard InChI is InChI=1S/C36H23F9O/c1-2-3-4-5-20-6-8-21(9-7-20)22-10-12-26(28(37)14-22)23-15-30(39)34(31(40)16-23)36(44,45)46-25-11-13-27(29(38)19-25)24-17-32(41)35(43)33(42)18-24/h2-3,6-19H,4-5H2,1H3. The molecule has 0 heterocycles. The minimum Gasteiger partial charge on any atom is -0.429 e. The van der Waals surface area contributed by atoms with Gasteiger partial charge in [-0.25, -0.2) is 30.7 Å². The first kappa shape index (κ1) is 32.4. The monoisotopic (exact) mass is 642 g/mol. The Hall–Kier alpha value is -4.99. The highest BCUT2D eigenvalue weighted by atomic mass is 19.3. The largest absolute Gasteiger partial charge is 0.432 e. The topological polar surface area (TPSA) is 9.23 Å². The Kier molecular flexibility index (Phi) is 9.27. The molecule has 0 saturated carbocycles. The fourth-order valence-electron chi connectivity index (χ4n) is 4.92. The Bertz CT molecular complexity index is 1890. The van der Waals surface area contributed by atoms with Gasteiger partial charge in [0.15, 0.2) is 17.5 Å². The van der Waals surface area contributed by atoms with Crippen LogP contribution in [0.4, 0.5) is 39.5 Å². The second kappa shape index (κ2) is 13.2. The lowest BCUT2D eigenvalue weighted by Gasteiger charge is -2.20. The number of rotatable bonds is 9. The first-order valence-electron chi connectivity index (χ1n) is 13.9. The maximum atomic E-state index is 15.1. The number of hydrogen-bond donors (Lipinski definition) is 0. The maximum Gasteiger partial charge on any atom is 0.432 e. The maximum absolute atomic E-state index is 15.1. The molecule has 0 atom stereocenters. The van der Waals surface area contributed by atoms with Crippen molar-refractivity contribution in [3.63, 3.8) is 0 Å². The van der Waals surface area contributed by atoms with E-state index in [2.05, 4.69) is 4.74 Å². The predicted molar refractivity (Wildman–Crippen MR) is 157 cm³/mol. The molecular formula is C36H23F9O.